The number of anilines is 1. The Morgan fingerprint density at radius 1 is 1.14 bits per heavy atom. The molecule has 0 saturated carbocycles. The second-order valence-electron chi connectivity index (χ2n) is 7.56. The predicted octanol–water partition coefficient (Wildman–Crippen LogP) is 5.39. The Bertz CT molecular complexity index is 943. The van der Waals surface area contributed by atoms with Crippen LogP contribution in [0.4, 0.5) is 5.69 Å². The number of nitrogens with one attached hydrogen (secondary N) is 1. The molecule has 0 radical (unpaired) electrons. The molecule has 1 aromatic heterocycles. The third-order valence-electron chi connectivity index (χ3n) is 4.13. The van der Waals surface area contributed by atoms with Crippen LogP contribution >= 0.6 is 11.6 Å². The summed E-state index contributed by atoms with van der Waals surface area (Å²) in [6.45, 7) is 6.49. The van der Waals surface area contributed by atoms with E-state index in [1.165, 1.54) is 0 Å². The molecule has 0 bridgehead atoms. The summed E-state index contributed by atoms with van der Waals surface area (Å²) in [6, 6.07) is 16.6. The first kappa shape index (κ1) is 20.0. The smallest absolute Gasteiger partial charge is 0.230 e. The highest BCUT2D eigenvalue weighted by Gasteiger charge is 2.20. The largest absolute Gasteiger partial charge is 0.489 e. The van der Waals surface area contributed by atoms with E-state index < -0.39 is 0 Å². The van der Waals surface area contributed by atoms with Crippen molar-refractivity contribution in [1.82, 2.24) is 5.16 Å². The van der Waals surface area contributed by atoms with E-state index in [-0.39, 0.29) is 17.7 Å². The minimum atomic E-state index is -0.154. The number of halogens is 1. The van der Waals surface area contributed by atoms with Gasteiger partial charge in [-0.05, 0) is 30.3 Å². The monoisotopic (exact) mass is 398 g/mol. The number of ether oxygens (including phenoxy) is 1. The van der Waals surface area contributed by atoms with Crippen molar-refractivity contribution in [1.29, 1.82) is 0 Å². The van der Waals surface area contributed by atoms with Crippen molar-refractivity contribution < 1.29 is 14.1 Å². The summed E-state index contributed by atoms with van der Waals surface area (Å²) in [5, 5.41) is 7.50. The topological polar surface area (TPSA) is 64.4 Å². The maximum absolute atomic E-state index is 12.2. The van der Waals surface area contributed by atoms with Gasteiger partial charge >= 0.3 is 0 Å². The van der Waals surface area contributed by atoms with Gasteiger partial charge in [0.25, 0.3) is 0 Å². The lowest BCUT2D eigenvalue weighted by Crippen LogP contribution is -2.14. The zero-order chi connectivity index (χ0) is 20.1. The van der Waals surface area contributed by atoms with Crippen LogP contribution in [0.15, 0.2) is 59.1 Å². The van der Waals surface area contributed by atoms with Crippen molar-refractivity contribution in [2.45, 2.75) is 39.2 Å². The van der Waals surface area contributed by atoms with Gasteiger partial charge in [-0.1, -0.05) is 55.7 Å². The first-order chi connectivity index (χ1) is 13.3. The summed E-state index contributed by atoms with van der Waals surface area (Å²) in [5.74, 6) is 1.30. The number of hydrogen-bond acceptors (Lipinski definition) is 4. The van der Waals surface area contributed by atoms with Crippen LogP contribution in [0.2, 0.25) is 5.02 Å². The van der Waals surface area contributed by atoms with Crippen LogP contribution in [0, 0.1) is 0 Å². The number of nitrogens with zero attached hydrogens (tertiary/aromatic N) is 1. The Morgan fingerprint density at radius 2 is 1.86 bits per heavy atom. The fourth-order valence-electron chi connectivity index (χ4n) is 2.53. The van der Waals surface area contributed by atoms with Crippen molar-refractivity contribution in [3.63, 3.8) is 0 Å². The Morgan fingerprint density at radius 3 is 2.50 bits per heavy atom. The number of carbonyl (C=O) groups is 1. The highest BCUT2D eigenvalue weighted by Crippen LogP contribution is 2.23. The normalized spacial score (nSPS) is 11.3. The SMILES string of the molecule is CC(C)(C)c1cc(CC(=O)Nc2ccc(OCc3ccccc3Cl)cc2)no1. The number of hydrogen-bond donors (Lipinski definition) is 1. The second kappa shape index (κ2) is 8.48. The molecule has 1 amide bonds. The lowest BCUT2D eigenvalue weighted by molar-refractivity contribution is -0.115. The number of amides is 1. The van der Waals surface area contributed by atoms with E-state index >= 15 is 0 Å². The van der Waals surface area contributed by atoms with Crippen LogP contribution in [-0.4, -0.2) is 11.1 Å². The standard InChI is InChI=1S/C22H23ClN2O3/c1-22(2,3)20-12-17(25-28-20)13-21(26)24-16-8-10-18(11-9-16)27-14-15-6-4-5-7-19(15)23/h4-12H,13-14H2,1-3H3,(H,24,26). The zero-order valence-corrected chi connectivity index (χ0v) is 16.9. The van der Waals surface area contributed by atoms with E-state index in [2.05, 4.69) is 10.5 Å². The Balaban J connectivity index is 1.53. The van der Waals surface area contributed by atoms with Crippen LogP contribution in [0.1, 0.15) is 37.8 Å². The van der Waals surface area contributed by atoms with Crippen molar-refractivity contribution in [3.8, 4) is 5.75 Å². The van der Waals surface area contributed by atoms with Crippen molar-refractivity contribution >= 4 is 23.2 Å². The molecule has 0 unspecified atom stereocenters. The molecular formula is C22H23ClN2O3. The van der Waals surface area contributed by atoms with Crippen LogP contribution < -0.4 is 10.1 Å². The zero-order valence-electron chi connectivity index (χ0n) is 16.2. The van der Waals surface area contributed by atoms with Crippen LogP contribution in [-0.2, 0) is 23.2 Å². The third-order valence-corrected chi connectivity index (χ3v) is 4.50. The lowest BCUT2D eigenvalue weighted by atomic mass is 9.93. The van der Waals surface area contributed by atoms with Crippen molar-refractivity contribution in [2.75, 3.05) is 5.32 Å². The molecule has 5 nitrogen and oxygen atoms in total. The molecule has 6 heteroatoms. The van der Waals surface area contributed by atoms with Crippen LogP contribution in [0.25, 0.3) is 0 Å². The lowest BCUT2D eigenvalue weighted by Gasteiger charge is -2.12. The summed E-state index contributed by atoms with van der Waals surface area (Å²) in [5.41, 5.74) is 2.09. The van der Waals surface area contributed by atoms with Gasteiger partial charge in [0.1, 0.15) is 18.1 Å². The molecular weight excluding hydrogens is 376 g/mol. The van der Waals surface area contributed by atoms with Gasteiger partial charge in [-0.25, -0.2) is 0 Å². The first-order valence-corrected chi connectivity index (χ1v) is 9.41. The summed E-state index contributed by atoms with van der Waals surface area (Å²) in [6.07, 6.45) is 0.157. The van der Waals surface area contributed by atoms with Gasteiger partial charge in [0.2, 0.25) is 5.91 Å². The van der Waals surface area contributed by atoms with E-state index in [1.807, 2.05) is 51.1 Å². The molecule has 0 aliphatic heterocycles. The van der Waals surface area contributed by atoms with Crippen LogP contribution in [0.3, 0.4) is 0 Å². The maximum atomic E-state index is 12.2. The number of aromatic nitrogens is 1. The number of rotatable bonds is 6. The van der Waals surface area contributed by atoms with E-state index in [9.17, 15) is 4.79 Å². The average molecular weight is 399 g/mol. The number of carbonyl (C=O) groups excluding carboxylic acids is 1. The summed E-state index contributed by atoms with van der Waals surface area (Å²) >= 11 is 6.13. The third kappa shape index (κ3) is 5.36. The van der Waals surface area contributed by atoms with Gasteiger partial charge in [-0.15, -0.1) is 0 Å². The van der Waals surface area contributed by atoms with E-state index in [0.717, 1.165) is 11.3 Å². The highest BCUT2D eigenvalue weighted by atomic mass is 35.5. The fraction of sp³-hybridized carbons (Fsp3) is 0.273. The molecule has 0 atom stereocenters. The summed E-state index contributed by atoms with van der Waals surface area (Å²) in [4.78, 5) is 12.2. The van der Waals surface area contributed by atoms with Crippen molar-refractivity contribution in [2.24, 2.45) is 0 Å². The molecule has 28 heavy (non-hydrogen) atoms. The molecule has 146 valence electrons. The molecule has 0 aliphatic rings. The van der Waals surface area contributed by atoms with Gasteiger partial charge < -0.3 is 14.6 Å². The minimum Gasteiger partial charge on any atom is -0.489 e. The van der Waals surface area contributed by atoms with Gasteiger partial charge in [0, 0.05) is 27.8 Å². The molecule has 2 aromatic carbocycles. The summed E-state index contributed by atoms with van der Waals surface area (Å²) in [7, 11) is 0. The molecule has 0 saturated heterocycles. The van der Waals surface area contributed by atoms with Gasteiger partial charge in [0.05, 0.1) is 12.1 Å². The Kier molecular flexibility index (Phi) is 6.05. The quantitative estimate of drug-likeness (QED) is 0.604. The Hall–Kier alpha value is -2.79. The van der Waals surface area contributed by atoms with Gasteiger partial charge in [-0.3, -0.25) is 4.79 Å². The first-order valence-electron chi connectivity index (χ1n) is 9.03. The summed E-state index contributed by atoms with van der Waals surface area (Å²) < 4.78 is 11.1. The Labute approximate surface area is 169 Å². The highest BCUT2D eigenvalue weighted by molar-refractivity contribution is 6.31. The molecule has 0 fully saturated rings. The van der Waals surface area contributed by atoms with Crippen molar-refractivity contribution in [3.05, 3.63) is 76.6 Å². The molecule has 0 aliphatic carbocycles. The van der Waals surface area contributed by atoms with E-state index in [0.29, 0.717) is 28.8 Å². The van der Waals surface area contributed by atoms with Crippen LogP contribution in [0.5, 0.6) is 5.75 Å². The van der Waals surface area contributed by atoms with E-state index in [4.69, 9.17) is 20.9 Å². The second-order valence-corrected chi connectivity index (χ2v) is 7.97. The molecule has 0 spiro atoms. The predicted molar refractivity (Wildman–Crippen MR) is 110 cm³/mol. The van der Waals surface area contributed by atoms with E-state index in [1.54, 1.807) is 24.3 Å². The maximum Gasteiger partial charge on any atom is 0.230 e. The molecule has 3 rings (SSSR count). The average Bonchev–Trinajstić information content (AvgIpc) is 3.11. The van der Waals surface area contributed by atoms with Gasteiger partial charge in [-0.2, -0.15) is 0 Å². The molecule has 3 aromatic rings. The molecule has 1 N–H and O–H groups in total. The molecule has 1 heterocycles. The van der Waals surface area contributed by atoms with Gasteiger partial charge in [0.15, 0.2) is 0 Å². The number of benzene rings is 2. The fourth-order valence-corrected chi connectivity index (χ4v) is 2.72. The minimum absolute atomic E-state index is 0.137.